The molecule has 1 atom stereocenters. The second-order valence-electron chi connectivity index (χ2n) is 9.41. The number of carbonyl (C=O) groups excluding carboxylic acids is 3. The lowest BCUT2D eigenvalue weighted by Gasteiger charge is -2.32. The van der Waals surface area contributed by atoms with E-state index in [0.29, 0.717) is 15.6 Å². The normalized spacial score (nSPS) is 17.8. The van der Waals surface area contributed by atoms with Crippen LogP contribution in [0.2, 0.25) is 10.0 Å². The number of nitrogens with zero attached hydrogens (tertiary/aromatic N) is 2. The Morgan fingerprint density at radius 2 is 1.81 bits per heavy atom. The SMILES string of the molecule is CC(C(=O)NC1CCCCC1)N(Cc1ccc(Cl)cc1Cl)C(=O)CCN1C(=O)c2ccccc2S1(=O)=O. The Balaban J connectivity index is 1.52. The van der Waals surface area contributed by atoms with Gasteiger partial charge in [-0.3, -0.25) is 14.4 Å². The summed E-state index contributed by atoms with van der Waals surface area (Å²) in [7, 11) is -4.05. The zero-order valence-electron chi connectivity index (χ0n) is 20.5. The van der Waals surface area contributed by atoms with Gasteiger partial charge in [-0.05, 0) is 49.6 Å². The first kappa shape index (κ1) is 27.4. The number of rotatable bonds is 8. The van der Waals surface area contributed by atoms with Crippen molar-refractivity contribution in [3.63, 3.8) is 0 Å². The molecule has 1 saturated carbocycles. The minimum Gasteiger partial charge on any atom is -0.352 e. The predicted molar refractivity (Wildman–Crippen MR) is 141 cm³/mol. The summed E-state index contributed by atoms with van der Waals surface area (Å²) in [5.74, 6) is -1.43. The van der Waals surface area contributed by atoms with E-state index in [1.165, 1.54) is 17.0 Å². The van der Waals surface area contributed by atoms with Gasteiger partial charge in [0.2, 0.25) is 11.8 Å². The summed E-state index contributed by atoms with van der Waals surface area (Å²) in [6.07, 6.45) is 4.73. The number of sulfonamides is 1. The molecule has 4 rings (SSSR count). The molecular weight excluding hydrogens is 537 g/mol. The molecule has 1 unspecified atom stereocenters. The predicted octanol–water partition coefficient (Wildman–Crippen LogP) is 4.39. The zero-order valence-corrected chi connectivity index (χ0v) is 22.8. The molecule has 1 aliphatic carbocycles. The first-order chi connectivity index (χ1) is 17.6. The second-order valence-corrected chi connectivity index (χ2v) is 12.1. The third-order valence-corrected chi connectivity index (χ3v) is 9.34. The molecule has 1 N–H and O–H groups in total. The lowest BCUT2D eigenvalue weighted by atomic mass is 9.95. The fraction of sp³-hybridized carbons (Fsp3) is 0.423. The Kier molecular flexibility index (Phi) is 8.46. The van der Waals surface area contributed by atoms with Gasteiger partial charge in [0.15, 0.2) is 0 Å². The minimum absolute atomic E-state index is 0.0228. The van der Waals surface area contributed by atoms with Gasteiger partial charge in [-0.15, -0.1) is 0 Å². The van der Waals surface area contributed by atoms with E-state index in [1.807, 2.05) is 0 Å². The van der Waals surface area contributed by atoms with Gasteiger partial charge in [0.1, 0.15) is 10.9 Å². The van der Waals surface area contributed by atoms with Gasteiger partial charge < -0.3 is 10.2 Å². The average Bonchev–Trinajstić information content (AvgIpc) is 3.07. The molecule has 1 heterocycles. The Morgan fingerprint density at radius 1 is 1.11 bits per heavy atom. The number of hydrogen-bond donors (Lipinski definition) is 1. The van der Waals surface area contributed by atoms with Crippen LogP contribution in [0.15, 0.2) is 47.4 Å². The topological polar surface area (TPSA) is 104 Å². The van der Waals surface area contributed by atoms with E-state index in [-0.39, 0.29) is 41.9 Å². The highest BCUT2D eigenvalue weighted by atomic mass is 35.5. The molecule has 0 saturated heterocycles. The van der Waals surface area contributed by atoms with Gasteiger partial charge in [-0.25, -0.2) is 12.7 Å². The van der Waals surface area contributed by atoms with Crippen LogP contribution in [0.4, 0.5) is 0 Å². The Bertz CT molecular complexity index is 1310. The first-order valence-electron chi connectivity index (χ1n) is 12.3. The van der Waals surface area contributed by atoms with E-state index in [1.54, 1.807) is 37.3 Å². The lowest BCUT2D eigenvalue weighted by Crippen LogP contribution is -2.51. The Labute approximate surface area is 227 Å². The molecule has 0 radical (unpaired) electrons. The third-order valence-electron chi connectivity index (χ3n) is 6.92. The van der Waals surface area contributed by atoms with E-state index < -0.39 is 27.9 Å². The number of benzene rings is 2. The number of amides is 3. The monoisotopic (exact) mass is 565 g/mol. The number of hydrogen-bond acceptors (Lipinski definition) is 5. The highest BCUT2D eigenvalue weighted by Crippen LogP contribution is 2.30. The maximum absolute atomic E-state index is 13.5. The summed E-state index contributed by atoms with van der Waals surface area (Å²) in [5, 5.41) is 3.83. The Morgan fingerprint density at radius 3 is 2.49 bits per heavy atom. The summed E-state index contributed by atoms with van der Waals surface area (Å²) in [6.45, 7) is 1.32. The van der Waals surface area contributed by atoms with Crippen molar-refractivity contribution >= 4 is 50.9 Å². The molecule has 198 valence electrons. The number of halogens is 2. The number of nitrogens with one attached hydrogen (secondary N) is 1. The van der Waals surface area contributed by atoms with E-state index in [0.717, 1.165) is 36.4 Å². The van der Waals surface area contributed by atoms with Gasteiger partial charge in [0.05, 0.1) is 5.56 Å². The van der Waals surface area contributed by atoms with Crippen molar-refractivity contribution in [3.8, 4) is 0 Å². The summed E-state index contributed by atoms with van der Waals surface area (Å²) in [6, 6.07) is 10.1. The van der Waals surface area contributed by atoms with Crippen molar-refractivity contribution in [2.45, 2.75) is 69.0 Å². The number of fused-ring (bicyclic) bond motifs is 1. The fourth-order valence-corrected chi connectivity index (χ4v) is 6.82. The van der Waals surface area contributed by atoms with Gasteiger partial charge in [-0.1, -0.05) is 60.7 Å². The van der Waals surface area contributed by atoms with Crippen LogP contribution in [0.5, 0.6) is 0 Å². The smallest absolute Gasteiger partial charge is 0.269 e. The van der Waals surface area contributed by atoms with Crippen molar-refractivity contribution in [2.24, 2.45) is 0 Å². The molecule has 1 fully saturated rings. The van der Waals surface area contributed by atoms with Gasteiger partial charge in [0.25, 0.3) is 15.9 Å². The van der Waals surface area contributed by atoms with Crippen LogP contribution < -0.4 is 5.32 Å². The largest absolute Gasteiger partial charge is 0.352 e. The highest BCUT2D eigenvalue weighted by molar-refractivity contribution is 7.90. The Hall–Kier alpha value is -2.62. The van der Waals surface area contributed by atoms with Crippen molar-refractivity contribution in [2.75, 3.05) is 6.54 Å². The van der Waals surface area contributed by atoms with Crippen molar-refractivity contribution in [1.29, 1.82) is 0 Å². The molecule has 2 aliphatic rings. The highest BCUT2D eigenvalue weighted by Gasteiger charge is 2.41. The van der Waals surface area contributed by atoms with Crippen molar-refractivity contribution in [3.05, 3.63) is 63.6 Å². The summed E-state index contributed by atoms with van der Waals surface area (Å²) in [4.78, 5) is 40.6. The van der Waals surface area contributed by atoms with Gasteiger partial charge >= 0.3 is 0 Å². The molecule has 0 bridgehead atoms. The van der Waals surface area contributed by atoms with Crippen LogP contribution in [0.25, 0.3) is 0 Å². The van der Waals surface area contributed by atoms with E-state index >= 15 is 0 Å². The van der Waals surface area contributed by atoms with Crippen molar-refractivity contribution < 1.29 is 22.8 Å². The second kappa shape index (κ2) is 11.4. The van der Waals surface area contributed by atoms with Crippen LogP contribution in [0, 0.1) is 0 Å². The molecular formula is C26H29Cl2N3O5S. The summed E-state index contributed by atoms with van der Waals surface area (Å²) >= 11 is 12.4. The van der Waals surface area contributed by atoms with Crippen LogP contribution in [0.1, 0.15) is 61.4 Å². The minimum atomic E-state index is -4.05. The van der Waals surface area contributed by atoms with Crippen LogP contribution in [-0.4, -0.2) is 54.0 Å². The van der Waals surface area contributed by atoms with Crippen molar-refractivity contribution in [1.82, 2.24) is 14.5 Å². The van der Waals surface area contributed by atoms with Crippen LogP contribution >= 0.6 is 23.2 Å². The molecule has 2 aromatic carbocycles. The van der Waals surface area contributed by atoms with Crippen LogP contribution in [0.3, 0.4) is 0 Å². The molecule has 1 aliphatic heterocycles. The molecule has 37 heavy (non-hydrogen) atoms. The van der Waals surface area contributed by atoms with Crippen LogP contribution in [-0.2, 0) is 26.2 Å². The first-order valence-corrected chi connectivity index (χ1v) is 14.5. The summed E-state index contributed by atoms with van der Waals surface area (Å²) < 4.78 is 26.5. The fourth-order valence-electron chi connectivity index (χ4n) is 4.78. The van der Waals surface area contributed by atoms with Gasteiger partial charge in [0, 0.05) is 35.6 Å². The molecule has 11 heteroatoms. The summed E-state index contributed by atoms with van der Waals surface area (Å²) in [5.41, 5.74) is 0.675. The number of carbonyl (C=O) groups is 3. The third kappa shape index (κ3) is 5.94. The molecule has 2 aromatic rings. The quantitative estimate of drug-likeness (QED) is 0.511. The van der Waals surface area contributed by atoms with E-state index in [2.05, 4.69) is 5.32 Å². The maximum atomic E-state index is 13.5. The molecule has 3 amide bonds. The van der Waals surface area contributed by atoms with E-state index in [9.17, 15) is 22.8 Å². The molecule has 0 spiro atoms. The standard InChI is InChI=1S/C26H29Cl2N3O5S/c1-17(25(33)29-20-7-3-2-4-8-20)30(16-18-11-12-19(27)15-22(18)28)24(32)13-14-31-26(34)21-9-5-6-10-23(21)37(31,35)36/h5-6,9-12,15,17,20H,2-4,7-8,13-14,16H2,1H3,(H,29,33). The molecule has 0 aromatic heterocycles. The lowest BCUT2D eigenvalue weighted by molar-refractivity contribution is -0.141. The maximum Gasteiger partial charge on any atom is 0.269 e. The zero-order chi connectivity index (χ0) is 26.7. The molecule has 8 nitrogen and oxygen atoms in total. The van der Waals surface area contributed by atoms with Gasteiger partial charge in [-0.2, -0.15) is 0 Å². The van der Waals surface area contributed by atoms with E-state index in [4.69, 9.17) is 23.2 Å². The average molecular weight is 567 g/mol.